The summed E-state index contributed by atoms with van der Waals surface area (Å²) in [5.74, 6) is 0.631. The van der Waals surface area contributed by atoms with Crippen molar-refractivity contribution in [3.63, 3.8) is 0 Å². The third-order valence-corrected chi connectivity index (χ3v) is 5.19. The highest BCUT2D eigenvalue weighted by molar-refractivity contribution is 8.18. The summed E-state index contributed by atoms with van der Waals surface area (Å²) in [7, 11) is 0. The highest BCUT2D eigenvalue weighted by Crippen LogP contribution is 2.31. The number of amidine groups is 1. The average Bonchev–Trinajstić information content (AvgIpc) is 3.02. The van der Waals surface area contributed by atoms with E-state index in [1.807, 2.05) is 35.2 Å². The average molecular weight is 371 g/mol. The van der Waals surface area contributed by atoms with Crippen molar-refractivity contribution in [3.8, 4) is 5.75 Å². The number of rotatable bonds is 4. The molecule has 0 bridgehead atoms. The first-order valence-corrected chi connectivity index (χ1v) is 9.25. The number of nitrogens with zero attached hydrogens (tertiary/aromatic N) is 3. The second-order valence-corrected chi connectivity index (χ2v) is 6.98. The Morgan fingerprint density at radius 3 is 2.58 bits per heavy atom. The van der Waals surface area contributed by atoms with E-state index in [-0.39, 0.29) is 11.8 Å². The SMILES string of the molecule is C=CCOc1ccc(/C=C2/SC(N3CCN(C(C)=O)CC3)=NC2=O)cc1. The fraction of sp³-hybridized carbons (Fsp3) is 0.316. The van der Waals surface area contributed by atoms with Gasteiger partial charge in [0.2, 0.25) is 5.91 Å². The van der Waals surface area contributed by atoms with E-state index in [1.54, 1.807) is 13.0 Å². The Kier molecular flexibility index (Phi) is 5.78. The van der Waals surface area contributed by atoms with Gasteiger partial charge in [-0.2, -0.15) is 4.99 Å². The maximum atomic E-state index is 12.2. The number of benzene rings is 1. The van der Waals surface area contributed by atoms with E-state index in [2.05, 4.69) is 16.5 Å². The fourth-order valence-corrected chi connectivity index (χ4v) is 3.68. The van der Waals surface area contributed by atoms with Gasteiger partial charge in [0.05, 0.1) is 4.91 Å². The third-order valence-electron chi connectivity index (χ3n) is 4.15. The summed E-state index contributed by atoms with van der Waals surface area (Å²) < 4.78 is 5.45. The van der Waals surface area contributed by atoms with E-state index in [0.29, 0.717) is 37.7 Å². The zero-order chi connectivity index (χ0) is 18.5. The Hall–Kier alpha value is -2.54. The molecule has 0 saturated carbocycles. The highest BCUT2D eigenvalue weighted by atomic mass is 32.2. The number of hydrogen-bond acceptors (Lipinski definition) is 5. The van der Waals surface area contributed by atoms with E-state index in [9.17, 15) is 9.59 Å². The Labute approximate surface area is 157 Å². The first kappa shape index (κ1) is 18.3. The van der Waals surface area contributed by atoms with Crippen molar-refractivity contribution in [1.29, 1.82) is 0 Å². The van der Waals surface area contributed by atoms with Gasteiger partial charge >= 0.3 is 0 Å². The van der Waals surface area contributed by atoms with Crippen LogP contribution in [0.25, 0.3) is 6.08 Å². The van der Waals surface area contributed by atoms with Crippen LogP contribution in [0.4, 0.5) is 0 Å². The predicted molar refractivity (Wildman–Crippen MR) is 104 cm³/mol. The van der Waals surface area contributed by atoms with Gasteiger partial charge in [-0.3, -0.25) is 9.59 Å². The van der Waals surface area contributed by atoms with Gasteiger partial charge in [0.15, 0.2) is 5.17 Å². The summed E-state index contributed by atoms with van der Waals surface area (Å²) in [4.78, 5) is 32.3. The van der Waals surface area contributed by atoms with Crippen LogP contribution in [0.3, 0.4) is 0 Å². The molecule has 3 rings (SSSR count). The van der Waals surface area contributed by atoms with Crippen molar-refractivity contribution >= 4 is 34.8 Å². The van der Waals surface area contributed by atoms with Gasteiger partial charge in [0, 0.05) is 33.1 Å². The molecule has 1 aromatic carbocycles. The molecule has 2 heterocycles. The number of aliphatic imine (C=N–C) groups is 1. The molecule has 2 amide bonds. The van der Waals surface area contributed by atoms with E-state index in [0.717, 1.165) is 16.5 Å². The van der Waals surface area contributed by atoms with Gasteiger partial charge in [0.1, 0.15) is 12.4 Å². The summed E-state index contributed by atoms with van der Waals surface area (Å²) in [5, 5.41) is 0.718. The minimum Gasteiger partial charge on any atom is -0.490 e. The standard InChI is InChI=1S/C19H21N3O3S/c1-3-12-25-16-6-4-15(5-7-16)13-17-18(24)20-19(26-17)22-10-8-21(9-11-22)14(2)23/h3-7,13H,1,8-12H2,2H3/b17-13+. The second-order valence-electron chi connectivity index (χ2n) is 5.97. The highest BCUT2D eigenvalue weighted by Gasteiger charge is 2.28. The van der Waals surface area contributed by atoms with Crippen molar-refractivity contribution < 1.29 is 14.3 Å². The Balaban J connectivity index is 1.61. The lowest BCUT2D eigenvalue weighted by molar-refractivity contribution is -0.130. The lowest BCUT2D eigenvalue weighted by Gasteiger charge is -2.34. The van der Waals surface area contributed by atoms with E-state index in [1.165, 1.54) is 11.8 Å². The first-order chi connectivity index (χ1) is 12.6. The first-order valence-electron chi connectivity index (χ1n) is 8.43. The van der Waals surface area contributed by atoms with Gasteiger partial charge < -0.3 is 14.5 Å². The number of piperazine rings is 1. The monoisotopic (exact) mass is 371 g/mol. The summed E-state index contributed by atoms with van der Waals surface area (Å²) in [6.45, 7) is 8.37. The van der Waals surface area contributed by atoms with Crippen LogP contribution in [0.15, 0.2) is 46.8 Å². The summed E-state index contributed by atoms with van der Waals surface area (Å²) in [6.07, 6.45) is 3.53. The largest absolute Gasteiger partial charge is 0.490 e. The number of ether oxygens (including phenoxy) is 1. The molecule has 0 aliphatic carbocycles. The zero-order valence-corrected chi connectivity index (χ0v) is 15.5. The molecule has 0 radical (unpaired) electrons. The molecule has 0 spiro atoms. The number of carbonyl (C=O) groups excluding carboxylic acids is 2. The number of thioether (sulfide) groups is 1. The van der Waals surface area contributed by atoms with Crippen molar-refractivity contribution in [2.75, 3.05) is 32.8 Å². The molecule has 0 N–H and O–H groups in total. The van der Waals surface area contributed by atoms with Crippen LogP contribution in [-0.4, -0.2) is 59.6 Å². The lowest BCUT2D eigenvalue weighted by Crippen LogP contribution is -2.49. The van der Waals surface area contributed by atoms with E-state index in [4.69, 9.17) is 4.74 Å². The lowest BCUT2D eigenvalue weighted by atomic mass is 10.2. The van der Waals surface area contributed by atoms with Crippen LogP contribution < -0.4 is 4.74 Å². The van der Waals surface area contributed by atoms with Crippen LogP contribution in [0.2, 0.25) is 0 Å². The van der Waals surface area contributed by atoms with Gasteiger partial charge in [0.25, 0.3) is 5.91 Å². The quantitative estimate of drug-likeness (QED) is 0.601. The number of hydrogen-bond donors (Lipinski definition) is 0. The number of carbonyl (C=O) groups is 2. The molecule has 1 fully saturated rings. The van der Waals surface area contributed by atoms with Crippen LogP contribution in [0, 0.1) is 0 Å². The van der Waals surface area contributed by atoms with Crippen LogP contribution in [0.5, 0.6) is 5.75 Å². The maximum absolute atomic E-state index is 12.2. The second kappa shape index (κ2) is 8.23. The van der Waals surface area contributed by atoms with Crippen molar-refractivity contribution in [3.05, 3.63) is 47.4 Å². The van der Waals surface area contributed by atoms with Crippen LogP contribution >= 0.6 is 11.8 Å². The Morgan fingerprint density at radius 1 is 1.27 bits per heavy atom. The fourth-order valence-electron chi connectivity index (χ4n) is 2.71. The molecule has 26 heavy (non-hydrogen) atoms. The molecule has 1 saturated heterocycles. The molecule has 0 aromatic heterocycles. The van der Waals surface area contributed by atoms with Crippen LogP contribution in [-0.2, 0) is 9.59 Å². The maximum Gasteiger partial charge on any atom is 0.286 e. The van der Waals surface area contributed by atoms with Crippen molar-refractivity contribution in [2.45, 2.75) is 6.92 Å². The Morgan fingerprint density at radius 2 is 1.96 bits per heavy atom. The smallest absolute Gasteiger partial charge is 0.286 e. The molecule has 136 valence electrons. The molecule has 0 unspecified atom stereocenters. The molecular weight excluding hydrogens is 350 g/mol. The van der Waals surface area contributed by atoms with Gasteiger partial charge in [-0.05, 0) is 35.5 Å². The van der Waals surface area contributed by atoms with Gasteiger partial charge in [-0.25, -0.2) is 0 Å². The minimum absolute atomic E-state index is 0.0860. The summed E-state index contributed by atoms with van der Waals surface area (Å²) in [6, 6.07) is 7.54. The minimum atomic E-state index is -0.217. The van der Waals surface area contributed by atoms with Gasteiger partial charge in [-0.1, -0.05) is 24.8 Å². The summed E-state index contributed by atoms with van der Waals surface area (Å²) in [5.41, 5.74) is 0.921. The van der Waals surface area contributed by atoms with E-state index < -0.39 is 0 Å². The molecule has 6 nitrogen and oxygen atoms in total. The molecule has 7 heteroatoms. The molecule has 0 atom stereocenters. The van der Waals surface area contributed by atoms with Crippen molar-refractivity contribution in [2.24, 2.45) is 4.99 Å². The van der Waals surface area contributed by atoms with Crippen LogP contribution in [0.1, 0.15) is 12.5 Å². The predicted octanol–water partition coefficient (Wildman–Crippen LogP) is 2.39. The van der Waals surface area contributed by atoms with Gasteiger partial charge in [-0.15, -0.1) is 0 Å². The molecule has 2 aliphatic rings. The van der Waals surface area contributed by atoms with Crippen molar-refractivity contribution in [1.82, 2.24) is 9.80 Å². The normalized spacial score (nSPS) is 18.9. The zero-order valence-electron chi connectivity index (χ0n) is 14.7. The number of amides is 2. The molecule has 2 aliphatic heterocycles. The molecular formula is C19H21N3O3S. The Bertz CT molecular complexity index is 763. The third kappa shape index (κ3) is 4.35. The van der Waals surface area contributed by atoms with E-state index >= 15 is 0 Å². The molecule has 1 aromatic rings. The summed E-state index contributed by atoms with van der Waals surface area (Å²) >= 11 is 1.39. The topological polar surface area (TPSA) is 62.2 Å².